The molecule has 0 fully saturated rings. The number of para-hydroxylation sites is 1. The van der Waals surface area contributed by atoms with Crippen LogP contribution in [0.15, 0.2) is 35.9 Å². The van der Waals surface area contributed by atoms with E-state index in [9.17, 15) is 9.59 Å². The van der Waals surface area contributed by atoms with Crippen molar-refractivity contribution < 1.29 is 9.59 Å². The summed E-state index contributed by atoms with van der Waals surface area (Å²) in [5.74, 6) is -0.291. The minimum absolute atomic E-state index is 0.313. The number of fused-ring (bicyclic) bond motifs is 1. The van der Waals surface area contributed by atoms with Crippen LogP contribution in [-0.2, 0) is 9.59 Å². The standard InChI is InChI=1S/C12H9N3O2/c1-7-6-10(16)15(12(7)17)11-8-4-2-3-5-9(8)13-14-11/h2-6H,1H3,(H,13,14). The molecule has 1 aliphatic rings. The number of benzene rings is 1. The lowest BCUT2D eigenvalue weighted by molar-refractivity contribution is -0.120. The van der Waals surface area contributed by atoms with Crippen LogP contribution in [0.4, 0.5) is 5.82 Å². The second-order valence-electron chi connectivity index (χ2n) is 3.90. The lowest BCUT2D eigenvalue weighted by atomic mass is 10.2. The monoisotopic (exact) mass is 227 g/mol. The fourth-order valence-corrected chi connectivity index (χ4v) is 1.91. The van der Waals surface area contributed by atoms with E-state index in [2.05, 4.69) is 10.2 Å². The number of carbonyl (C=O) groups excluding carboxylic acids is 2. The smallest absolute Gasteiger partial charge is 0.262 e. The van der Waals surface area contributed by atoms with E-state index >= 15 is 0 Å². The number of aromatic nitrogens is 2. The molecule has 0 bridgehead atoms. The molecule has 0 saturated heterocycles. The third-order valence-electron chi connectivity index (χ3n) is 2.76. The number of imide groups is 1. The molecule has 1 aromatic carbocycles. The molecule has 5 heteroatoms. The summed E-state index contributed by atoms with van der Waals surface area (Å²) in [7, 11) is 0. The van der Waals surface area contributed by atoms with Crippen LogP contribution < -0.4 is 4.90 Å². The van der Waals surface area contributed by atoms with Gasteiger partial charge in [-0.3, -0.25) is 14.7 Å². The van der Waals surface area contributed by atoms with Crippen molar-refractivity contribution in [1.29, 1.82) is 0 Å². The maximum atomic E-state index is 11.8. The Morgan fingerprint density at radius 2 is 2.00 bits per heavy atom. The van der Waals surface area contributed by atoms with Crippen molar-refractivity contribution in [1.82, 2.24) is 10.2 Å². The number of amides is 2. The lowest BCUT2D eigenvalue weighted by Gasteiger charge is -2.10. The third kappa shape index (κ3) is 1.29. The van der Waals surface area contributed by atoms with Crippen LogP contribution in [0.25, 0.3) is 10.9 Å². The summed E-state index contributed by atoms with van der Waals surface area (Å²) < 4.78 is 0. The average molecular weight is 227 g/mol. The Morgan fingerprint density at radius 1 is 1.24 bits per heavy atom. The number of rotatable bonds is 1. The third-order valence-corrected chi connectivity index (χ3v) is 2.76. The Morgan fingerprint density at radius 3 is 2.71 bits per heavy atom. The minimum Gasteiger partial charge on any atom is -0.276 e. The van der Waals surface area contributed by atoms with Gasteiger partial charge >= 0.3 is 0 Å². The number of hydrogen-bond acceptors (Lipinski definition) is 3. The van der Waals surface area contributed by atoms with Gasteiger partial charge in [0, 0.05) is 17.0 Å². The van der Waals surface area contributed by atoms with Gasteiger partial charge in [-0.2, -0.15) is 5.10 Å². The first kappa shape index (κ1) is 9.77. The van der Waals surface area contributed by atoms with E-state index in [0.29, 0.717) is 11.4 Å². The Balaban J connectivity index is 2.18. The van der Waals surface area contributed by atoms with Gasteiger partial charge in [0.25, 0.3) is 11.8 Å². The van der Waals surface area contributed by atoms with E-state index in [4.69, 9.17) is 0 Å². The van der Waals surface area contributed by atoms with Crippen molar-refractivity contribution in [3.8, 4) is 0 Å². The molecule has 3 rings (SSSR count). The first-order chi connectivity index (χ1) is 8.18. The molecule has 1 N–H and O–H groups in total. The first-order valence-corrected chi connectivity index (χ1v) is 5.18. The summed E-state index contributed by atoms with van der Waals surface area (Å²) >= 11 is 0. The van der Waals surface area contributed by atoms with Crippen molar-refractivity contribution in [3.63, 3.8) is 0 Å². The summed E-state index contributed by atoms with van der Waals surface area (Å²) in [6.45, 7) is 1.62. The highest BCUT2D eigenvalue weighted by Crippen LogP contribution is 2.27. The number of H-pyrrole nitrogens is 1. The molecule has 0 unspecified atom stereocenters. The van der Waals surface area contributed by atoms with Crippen LogP contribution in [0.5, 0.6) is 0 Å². The number of nitrogens with one attached hydrogen (secondary N) is 1. The van der Waals surface area contributed by atoms with E-state index in [0.717, 1.165) is 15.8 Å². The molecule has 5 nitrogen and oxygen atoms in total. The zero-order valence-electron chi connectivity index (χ0n) is 9.10. The maximum absolute atomic E-state index is 11.8. The van der Waals surface area contributed by atoms with Crippen molar-refractivity contribution in [2.45, 2.75) is 6.92 Å². The van der Waals surface area contributed by atoms with Gasteiger partial charge in [0.15, 0.2) is 5.82 Å². The average Bonchev–Trinajstić information content (AvgIpc) is 2.82. The number of hydrogen-bond donors (Lipinski definition) is 1. The first-order valence-electron chi connectivity index (χ1n) is 5.18. The fourth-order valence-electron chi connectivity index (χ4n) is 1.91. The Kier molecular flexibility index (Phi) is 1.89. The fraction of sp³-hybridized carbons (Fsp3) is 0.0833. The predicted molar refractivity (Wildman–Crippen MR) is 62.3 cm³/mol. The van der Waals surface area contributed by atoms with Crippen LogP contribution >= 0.6 is 0 Å². The second-order valence-corrected chi connectivity index (χ2v) is 3.90. The summed E-state index contributed by atoms with van der Waals surface area (Å²) in [6, 6.07) is 7.37. The van der Waals surface area contributed by atoms with Crippen LogP contribution in [0.3, 0.4) is 0 Å². The van der Waals surface area contributed by atoms with Crippen LogP contribution in [0, 0.1) is 0 Å². The zero-order chi connectivity index (χ0) is 12.0. The minimum atomic E-state index is -0.343. The summed E-state index contributed by atoms with van der Waals surface area (Å²) in [4.78, 5) is 24.6. The molecule has 84 valence electrons. The molecule has 0 saturated carbocycles. The number of nitrogens with zero attached hydrogens (tertiary/aromatic N) is 2. The predicted octanol–water partition coefficient (Wildman–Crippen LogP) is 1.38. The van der Waals surface area contributed by atoms with E-state index < -0.39 is 0 Å². The van der Waals surface area contributed by atoms with Gasteiger partial charge in [-0.25, -0.2) is 4.90 Å². The highest BCUT2D eigenvalue weighted by Gasteiger charge is 2.32. The molecule has 2 amide bonds. The molecule has 0 aliphatic carbocycles. The highest BCUT2D eigenvalue weighted by atomic mass is 16.2. The van der Waals surface area contributed by atoms with Gasteiger partial charge in [-0.1, -0.05) is 12.1 Å². The molecular weight excluding hydrogens is 218 g/mol. The molecule has 1 aromatic heterocycles. The van der Waals surface area contributed by atoms with Crippen molar-refractivity contribution in [2.75, 3.05) is 4.90 Å². The van der Waals surface area contributed by atoms with E-state index in [-0.39, 0.29) is 11.8 Å². The molecular formula is C12H9N3O2. The summed E-state index contributed by atoms with van der Waals surface area (Å²) in [5.41, 5.74) is 1.23. The van der Waals surface area contributed by atoms with E-state index in [1.165, 1.54) is 6.08 Å². The van der Waals surface area contributed by atoms with Crippen LogP contribution in [0.1, 0.15) is 6.92 Å². The molecule has 17 heavy (non-hydrogen) atoms. The quantitative estimate of drug-likeness (QED) is 0.748. The zero-order valence-corrected chi connectivity index (χ0v) is 9.10. The van der Waals surface area contributed by atoms with Gasteiger partial charge < -0.3 is 0 Å². The molecule has 2 heterocycles. The van der Waals surface area contributed by atoms with Crippen LogP contribution in [0.2, 0.25) is 0 Å². The van der Waals surface area contributed by atoms with E-state index in [1.807, 2.05) is 24.3 Å². The number of anilines is 1. The molecule has 0 spiro atoms. The van der Waals surface area contributed by atoms with Gasteiger partial charge in [0.1, 0.15) is 0 Å². The summed E-state index contributed by atoms with van der Waals surface area (Å²) in [6.07, 6.45) is 1.33. The van der Waals surface area contributed by atoms with Crippen LogP contribution in [-0.4, -0.2) is 22.0 Å². The van der Waals surface area contributed by atoms with E-state index in [1.54, 1.807) is 6.92 Å². The number of carbonyl (C=O) groups is 2. The van der Waals surface area contributed by atoms with Gasteiger partial charge in [0.05, 0.1) is 5.52 Å². The molecule has 2 aromatic rings. The second kappa shape index (κ2) is 3.28. The van der Waals surface area contributed by atoms with Gasteiger partial charge in [-0.05, 0) is 19.1 Å². The maximum Gasteiger partial charge on any atom is 0.262 e. The SMILES string of the molecule is CC1=CC(=O)N(c2n[nH]c3ccccc23)C1=O. The topological polar surface area (TPSA) is 66.1 Å². The Labute approximate surface area is 96.7 Å². The normalized spacial score (nSPS) is 15.8. The van der Waals surface area contributed by atoms with Crippen molar-refractivity contribution >= 4 is 28.5 Å². The lowest BCUT2D eigenvalue weighted by Crippen LogP contribution is -2.31. The largest absolute Gasteiger partial charge is 0.276 e. The van der Waals surface area contributed by atoms with Gasteiger partial charge in [0.2, 0.25) is 0 Å². The number of aromatic amines is 1. The Bertz CT molecular complexity index is 669. The van der Waals surface area contributed by atoms with Gasteiger partial charge in [-0.15, -0.1) is 0 Å². The van der Waals surface area contributed by atoms with Crippen molar-refractivity contribution in [2.24, 2.45) is 0 Å². The molecule has 1 aliphatic heterocycles. The summed E-state index contributed by atoms with van der Waals surface area (Å²) in [5, 5.41) is 7.60. The highest BCUT2D eigenvalue weighted by molar-refractivity contribution is 6.31. The Hall–Kier alpha value is -2.43. The van der Waals surface area contributed by atoms with Crippen molar-refractivity contribution in [3.05, 3.63) is 35.9 Å². The molecule has 0 atom stereocenters. The molecule has 0 radical (unpaired) electrons.